The summed E-state index contributed by atoms with van der Waals surface area (Å²) >= 11 is 0. The molecule has 34 heavy (non-hydrogen) atoms. The molecule has 0 saturated carbocycles. The fourth-order valence-corrected chi connectivity index (χ4v) is 4.09. The number of ether oxygens (including phenoxy) is 1. The van der Waals surface area contributed by atoms with Gasteiger partial charge in [-0.15, -0.1) is 0 Å². The molecule has 9 nitrogen and oxygen atoms in total. The van der Waals surface area contributed by atoms with Crippen molar-refractivity contribution in [1.29, 1.82) is 0 Å². The molecule has 0 aliphatic rings. The van der Waals surface area contributed by atoms with Crippen molar-refractivity contribution in [2.75, 3.05) is 19.8 Å². The third kappa shape index (κ3) is 6.78. The second-order valence-electron chi connectivity index (χ2n) is 7.17. The Morgan fingerprint density at radius 3 is 1.21 bits per heavy atom. The predicted molar refractivity (Wildman–Crippen MR) is 128 cm³/mol. The summed E-state index contributed by atoms with van der Waals surface area (Å²) < 4.78 is 10.1. The van der Waals surface area contributed by atoms with Crippen molar-refractivity contribution >= 4 is 17.2 Å². The standard InChI is InChI=1S/C23H24O4.H4O5P2/c24-16-22(17-25,18-26)23(19-10-4-1-5-11-19,20-12-6-2-7-13-20)27-21-14-8-3-9-15-21;1-6(2)5-7(3)4/h1-15,24-26H,16-18H2;1-4H. The Balaban J connectivity index is 0.000000509. The topological polar surface area (TPSA) is 160 Å². The van der Waals surface area contributed by atoms with Crippen molar-refractivity contribution < 1.29 is 43.9 Å². The van der Waals surface area contributed by atoms with E-state index in [-0.39, 0.29) is 0 Å². The van der Waals surface area contributed by atoms with Gasteiger partial charge in [0.2, 0.25) is 0 Å². The molecule has 0 saturated heterocycles. The van der Waals surface area contributed by atoms with E-state index < -0.39 is 48.0 Å². The summed E-state index contributed by atoms with van der Waals surface area (Å²) in [4.78, 5) is 31.3. The van der Waals surface area contributed by atoms with E-state index in [0.29, 0.717) is 5.75 Å². The number of benzene rings is 3. The molecule has 3 aromatic carbocycles. The van der Waals surface area contributed by atoms with Gasteiger partial charge in [0.1, 0.15) is 5.75 Å². The molecule has 0 bridgehead atoms. The molecule has 3 rings (SSSR count). The van der Waals surface area contributed by atoms with Crippen LogP contribution in [0.1, 0.15) is 11.1 Å². The van der Waals surface area contributed by atoms with Crippen LogP contribution < -0.4 is 4.74 Å². The van der Waals surface area contributed by atoms with E-state index >= 15 is 0 Å². The van der Waals surface area contributed by atoms with E-state index in [0.717, 1.165) is 11.1 Å². The second kappa shape index (κ2) is 13.8. The molecule has 3 aromatic rings. The Hall–Kier alpha value is -2.00. The second-order valence-corrected chi connectivity index (χ2v) is 8.83. The van der Waals surface area contributed by atoms with Crippen LogP contribution in [-0.4, -0.2) is 54.7 Å². The summed E-state index contributed by atoms with van der Waals surface area (Å²) in [5, 5.41) is 30.9. The highest BCUT2D eigenvalue weighted by Crippen LogP contribution is 2.48. The van der Waals surface area contributed by atoms with Crippen LogP contribution >= 0.6 is 17.2 Å². The highest BCUT2D eigenvalue weighted by atomic mass is 31.2. The molecule has 0 spiro atoms. The van der Waals surface area contributed by atoms with Crippen LogP contribution in [0.4, 0.5) is 0 Å². The zero-order chi connectivity index (χ0) is 25.0. The third-order valence-electron chi connectivity index (χ3n) is 5.18. The Morgan fingerprint density at radius 1 is 0.559 bits per heavy atom. The van der Waals surface area contributed by atoms with Gasteiger partial charge in [0.05, 0.1) is 25.2 Å². The molecule has 11 heteroatoms. The maximum Gasteiger partial charge on any atom is 0.334 e. The van der Waals surface area contributed by atoms with Gasteiger partial charge < -0.3 is 39.6 Å². The predicted octanol–water partition coefficient (Wildman–Crippen LogP) is 2.40. The number of rotatable bonds is 10. The molecule has 0 heterocycles. The van der Waals surface area contributed by atoms with E-state index in [2.05, 4.69) is 4.31 Å². The molecule has 0 amide bonds. The molecule has 0 aliphatic heterocycles. The number of aliphatic hydroxyl groups is 3. The average molecular weight is 510 g/mol. The van der Waals surface area contributed by atoms with Gasteiger partial charge in [0.25, 0.3) is 0 Å². The number of hydrogen-bond donors (Lipinski definition) is 7. The van der Waals surface area contributed by atoms with Crippen molar-refractivity contribution in [3.63, 3.8) is 0 Å². The fraction of sp³-hybridized carbons (Fsp3) is 0.217. The maximum absolute atomic E-state index is 10.3. The third-order valence-corrected chi connectivity index (χ3v) is 6.34. The van der Waals surface area contributed by atoms with Crippen LogP contribution in [-0.2, 0) is 9.91 Å². The molecule has 184 valence electrons. The van der Waals surface area contributed by atoms with Crippen molar-refractivity contribution in [3.05, 3.63) is 102 Å². The summed E-state index contributed by atoms with van der Waals surface area (Å²) in [6.45, 7) is -1.39. The van der Waals surface area contributed by atoms with E-state index in [9.17, 15) is 15.3 Å². The first-order valence-electron chi connectivity index (χ1n) is 10.1. The smallest absolute Gasteiger partial charge is 0.334 e. The molecule has 0 aliphatic carbocycles. The summed E-state index contributed by atoms with van der Waals surface area (Å²) in [6, 6.07) is 28.0. The van der Waals surface area contributed by atoms with Crippen LogP contribution in [0.25, 0.3) is 0 Å². The van der Waals surface area contributed by atoms with Crippen LogP contribution in [0.15, 0.2) is 91.0 Å². The van der Waals surface area contributed by atoms with Gasteiger partial charge in [-0.1, -0.05) is 78.9 Å². The minimum absolute atomic E-state index is 0.462. The Morgan fingerprint density at radius 2 is 0.912 bits per heavy atom. The first-order chi connectivity index (χ1) is 16.3. The minimum atomic E-state index is -2.61. The highest BCUT2D eigenvalue weighted by molar-refractivity contribution is 7.53. The SMILES string of the molecule is OCC(CO)(CO)C(Oc1ccccc1)(c1ccccc1)c1ccccc1.OP(O)OP(O)O. The number of para-hydroxylation sites is 1. The van der Waals surface area contributed by atoms with Crippen molar-refractivity contribution in [2.45, 2.75) is 5.60 Å². The first kappa shape index (κ1) is 28.2. The van der Waals surface area contributed by atoms with E-state index in [1.165, 1.54) is 0 Å². The summed E-state index contributed by atoms with van der Waals surface area (Å²) in [5.41, 5.74) is -1.19. The summed E-state index contributed by atoms with van der Waals surface area (Å²) in [6.07, 6.45) is 0. The lowest BCUT2D eigenvalue weighted by Gasteiger charge is -2.48. The highest BCUT2D eigenvalue weighted by Gasteiger charge is 2.55. The summed E-state index contributed by atoms with van der Waals surface area (Å²) in [5.74, 6) is 0.574. The minimum Gasteiger partial charge on any atom is -0.477 e. The molecule has 0 atom stereocenters. The lowest BCUT2D eigenvalue weighted by molar-refractivity contribution is -0.121. The van der Waals surface area contributed by atoms with Gasteiger partial charge in [-0.2, -0.15) is 0 Å². The van der Waals surface area contributed by atoms with Gasteiger partial charge >= 0.3 is 17.2 Å². The Labute approximate surface area is 200 Å². The molecular weight excluding hydrogens is 482 g/mol. The lowest BCUT2D eigenvalue weighted by atomic mass is 9.65. The van der Waals surface area contributed by atoms with Crippen LogP contribution in [0.2, 0.25) is 0 Å². The van der Waals surface area contributed by atoms with E-state index in [1.54, 1.807) is 0 Å². The molecule has 0 radical (unpaired) electrons. The normalized spacial score (nSPS) is 11.8. The van der Waals surface area contributed by atoms with Crippen LogP contribution in [0.5, 0.6) is 5.75 Å². The van der Waals surface area contributed by atoms with Gasteiger partial charge in [-0.25, -0.2) is 4.31 Å². The molecule has 0 aromatic heterocycles. The van der Waals surface area contributed by atoms with Gasteiger partial charge in [-0.3, -0.25) is 0 Å². The molecule has 0 fully saturated rings. The first-order valence-corrected chi connectivity index (χ1v) is 12.4. The van der Waals surface area contributed by atoms with E-state index in [4.69, 9.17) is 24.3 Å². The number of aliphatic hydroxyl groups excluding tert-OH is 3. The fourth-order valence-electron chi connectivity index (χ4n) is 3.57. The van der Waals surface area contributed by atoms with Gasteiger partial charge in [0, 0.05) is 11.1 Å². The van der Waals surface area contributed by atoms with Crippen LogP contribution in [0, 0.1) is 5.41 Å². The zero-order valence-corrected chi connectivity index (χ0v) is 19.9. The van der Waals surface area contributed by atoms with Crippen molar-refractivity contribution in [3.8, 4) is 5.75 Å². The number of hydrogen-bond acceptors (Lipinski definition) is 9. The van der Waals surface area contributed by atoms with Crippen LogP contribution in [0.3, 0.4) is 0 Å². The van der Waals surface area contributed by atoms with Crippen molar-refractivity contribution in [1.82, 2.24) is 0 Å². The molecular formula is C23H28O9P2. The summed E-state index contributed by atoms with van der Waals surface area (Å²) in [7, 11) is -5.22. The van der Waals surface area contributed by atoms with Crippen molar-refractivity contribution in [2.24, 2.45) is 5.41 Å². The monoisotopic (exact) mass is 510 g/mol. The quantitative estimate of drug-likeness (QED) is 0.203. The average Bonchev–Trinajstić information content (AvgIpc) is 2.86. The maximum atomic E-state index is 10.3. The van der Waals surface area contributed by atoms with Gasteiger partial charge in [-0.05, 0) is 12.1 Å². The Bertz CT molecular complexity index is 887. The van der Waals surface area contributed by atoms with Gasteiger partial charge in [0.15, 0.2) is 5.60 Å². The molecule has 7 N–H and O–H groups in total. The molecule has 0 unspecified atom stereocenters. The Kier molecular flexibility index (Phi) is 11.4. The lowest BCUT2D eigenvalue weighted by Crippen LogP contribution is -2.57. The largest absolute Gasteiger partial charge is 0.477 e. The zero-order valence-electron chi connectivity index (χ0n) is 18.1. The van der Waals surface area contributed by atoms with E-state index in [1.807, 2.05) is 91.0 Å².